The summed E-state index contributed by atoms with van der Waals surface area (Å²) in [5, 5.41) is 15.1. The number of carbonyl (C=O) groups is 1. The third-order valence-electron chi connectivity index (χ3n) is 2.95. The van der Waals surface area contributed by atoms with Crippen LogP contribution in [0, 0.1) is 11.6 Å². The van der Waals surface area contributed by atoms with Crippen LogP contribution in [0.1, 0.15) is 24.5 Å². The predicted octanol–water partition coefficient (Wildman–Crippen LogP) is 0.866. The summed E-state index contributed by atoms with van der Waals surface area (Å²) in [5.41, 5.74) is -0.419. The summed E-state index contributed by atoms with van der Waals surface area (Å²) in [5.74, 6) is -1.95. The molecule has 0 heterocycles. The summed E-state index contributed by atoms with van der Waals surface area (Å²) >= 11 is 0. The molecular weight excluding hydrogens is 254 g/mol. The molecule has 0 spiro atoms. The van der Waals surface area contributed by atoms with Gasteiger partial charge in [0.05, 0.1) is 12.1 Å². The van der Waals surface area contributed by atoms with Gasteiger partial charge in [-0.05, 0) is 25.0 Å². The van der Waals surface area contributed by atoms with E-state index < -0.39 is 23.3 Å². The molecule has 0 radical (unpaired) electrons. The van der Waals surface area contributed by atoms with Crippen molar-refractivity contribution in [3.63, 3.8) is 0 Å². The van der Waals surface area contributed by atoms with Crippen molar-refractivity contribution in [2.75, 3.05) is 13.1 Å². The summed E-state index contributed by atoms with van der Waals surface area (Å²) < 4.78 is 26.7. The number of aliphatic hydroxyl groups excluding tert-OH is 1. The van der Waals surface area contributed by atoms with Gasteiger partial charge in [0.25, 0.3) is 0 Å². The second-order valence-electron chi connectivity index (χ2n) is 4.61. The van der Waals surface area contributed by atoms with Crippen molar-refractivity contribution < 1.29 is 18.7 Å². The first kappa shape index (κ1) is 13.9. The molecule has 1 aliphatic rings. The first-order valence-electron chi connectivity index (χ1n) is 6.20. The van der Waals surface area contributed by atoms with Gasteiger partial charge >= 0.3 is 0 Å². The molecule has 0 saturated heterocycles. The highest BCUT2D eigenvalue weighted by Gasteiger charge is 2.22. The van der Waals surface area contributed by atoms with Crippen molar-refractivity contribution in [2.45, 2.75) is 25.0 Å². The summed E-state index contributed by atoms with van der Waals surface area (Å²) in [4.78, 5) is 11.4. The lowest BCUT2D eigenvalue weighted by atomic mass is 10.1. The maximum atomic E-state index is 13.4. The molecule has 104 valence electrons. The largest absolute Gasteiger partial charge is 0.386 e. The summed E-state index contributed by atoms with van der Waals surface area (Å²) in [7, 11) is 0. The van der Waals surface area contributed by atoms with E-state index in [0.717, 1.165) is 25.0 Å². The number of carbonyl (C=O) groups excluding carboxylic acids is 1. The maximum absolute atomic E-state index is 13.4. The Balaban J connectivity index is 1.82. The van der Waals surface area contributed by atoms with E-state index in [9.17, 15) is 18.7 Å². The van der Waals surface area contributed by atoms with E-state index in [4.69, 9.17) is 0 Å². The van der Waals surface area contributed by atoms with Gasteiger partial charge in [0.15, 0.2) is 0 Å². The van der Waals surface area contributed by atoms with Crippen LogP contribution >= 0.6 is 0 Å². The van der Waals surface area contributed by atoms with Crippen LogP contribution in [0.15, 0.2) is 18.2 Å². The topological polar surface area (TPSA) is 61.4 Å². The van der Waals surface area contributed by atoms with Gasteiger partial charge in [-0.15, -0.1) is 0 Å². The fraction of sp³-hybridized carbons (Fsp3) is 0.462. The van der Waals surface area contributed by atoms with Gasteiger partial charge in [-0.1, -0.05) is 6.07 Å². The van der Waals surface area contributed by atoms with E-state index in [1.54, 1.807) is 0 Å². The van der Waals surface area contributed by atoms with Gasteiger partial charge in [0.2, 0.25) is 5.91 Å². The Morgan fingerprint density at radius 1 is 1.37 bits per heavy atom. The molecule has 6 heteroatoms. The van der Waals surface area contributed by atoms with E-state index in [1.165, 1.54) is 6.07 Å². The molecule has 1 atom stereocenters. The van der Waals surface area contributed by atoms with Gasteiger partial charge < -0.3 is 15.7 Å². The van der Waals surface area contributed by atoms with Gasteiger partial charge in [-0.3, -0.25) is 4.79 Å². The van der Waals surface area contributed by atoms with Crippen molar-refractivity contribution >= 4 is 5.91 Å². The third kappa shape index (κ3) is 3.97. The minimum atomic E-state index is -1.40. The highest BCUT2D eigenvalue weighted by molar-refractivity contribution is 5.78. The zero-order valence-corrected chi connectivity index (χ0v) is 10.3. The highest BCUT2D eigenvalue weighted by atomic mass is 19.1. The van der Waals surface area contributed by atoms with Crippen LogP contribution in [0.3, 0.4) is 0 Å². The lowest BCUT2D eigenvalue weighted by Gasteiger charge is -2.14. The smallest absolute Gasteiger partial charge is 0.234 e. The molecule has 1 aliphatic carbocycles. The number of amides is 1. The second-order valence-corrected chi connectivity index (χ2v) is 4.61. The van der Waals surface area contributed by atoms with E-state index in [1.807, 2.05) is 0 Å². The number of hydrogen-bond acceptors (Lipinski definition) is 3. The SMILES string of the molecule is O=C(CNC1CC1)NCC(O)c1c(F)cccc1F. The number of rotatable bonds is 6. The molecular formula is C13H16F2N2O2. The quantitative estimate of drug-likeness (QED) is 0.718. The van der Waals surface area contributed by atoms with Crippen molar-refractivity contribution in [1.82, 2.24) is 10.6 Å². The molecule has 1 aromatic rings. The Bertz CT molecular complexity index is 444. The number of benzene rings is 1. The van der Waals surface area contributed by atoms with Crippen molar-refractivity contribution in [3.05, 3.63) is 35.4 Å². The predicted molar refractivity (Wildman–Crippen MR) is 65.4 cm³/mol. The average Bonchev–Trinajstić information content (AvgIpc) is 3.17. The molecule has 0 aliphatic heterocycles. The molecule has 19 heavy (non-hydrogen) atoms. The number of aliphatic hydroxyl groups is 1. The number of hydrogen-bond donors (Lipinski definition) is 3. The molecule has 2 rings (SSSR count). The van der Waals surface area contributed by atoms with Crippen LogP contribution in [-0.4, -0.2) is 30.1 Å². The monoisotopic (exact) mass is 270 g/mol. The minimum Gasteiger partial charge on any atom is -0.386 e. The molecule has 0 bridgehead atoms. The van der Waals surface area contributed by atoms with Gasteiger partial charge in [-0.25, -0.2) is 8.78 Å². The van der Waals surface area contributed by atoms with E-state index in [0.29, 0.717) is 6.04 Å². The fourth-order valence-corrected chi connectivity index (χ4v) is 1.73. The highest BCUT2D eigenvalue weighted by Crippen LogP contribution is 2.20. The third-order valence-corrected chi connectivity index (χ3v) is 2.95. The Morgan fingerprint density at radius 2 is 2.00 bits per heavy atom. The van der Waals surface area contributed by atoms with Crippen LogP contribution in [0.4, 0.5) is 8.78 Å². The van der Waals surface area contributed by atoms with Crippen LogP contribution < -0.4 is 10.6 Å². The molecule has 1 fully saturated rings. The van der Waals surface area contributed by atoms with Gasteiger partial charge in [-0.2, -0.15) is 0 Å². The van der Waals surface area contributed by atoms with E-state index in [2.05, 4.69) is 10.6 Å². The first-order valence-corrected chi connectivity index (χ1v) is 6.20. The normalized spacial score (nSPS) is 16.2. The zero-order chi connectivity index (χ0) is 13.8. The van der Waals surface area contributed by atoms with Crippen LogP contribution in [0.25, 0.3) is 0 Å². The lowest BCUT2D eigenvalue weighted by Crippen LogP contribution is -2.37. The second kappa shape index (κ2) is 6.08. The minimum absolute atomic E-state index is 0.150. The standard InChI is InChI=1S/C13H16F2N2O2/c14-9-2-1-3-10(15)13(9)11(18)6-17-12(19)7-16-8-4-5-8/h1-3,8,11,16,18H,4-7H2,(H,17,19). The first-order chi connectivity index (χ1) is 9.08. The summed E-state index contributed by atoms with van der Waals surface area (Å²) in [6.45, 7) is -0.0693. The Labute approximate surface area is 109 Å². The van der Waals surface area contributed by atoms with Crippen LogP contribution in [0.2, 0.25) is 0 Å². The van der Waals surface area contributed by atoms with E-state index in [-0.39, 0.29) is 19.0 Å². The molecule has 1 amide bonds. The Hall–Kier alpha value is -1.53. The van der Waals surface area contributed by atoms with Crippen molar-refractivity contribution in [1.29, 1.82) is 0 Å². The molecule has 3 N–H and O–H groups in total. The Morgan fingerprint density at radius 3 is 2.58 bits per heavy atom. The summed E-state index contributed by atoms with van der Waals surface area (Å²) in [6, 6.07) is 3.76. The molecule has 0 aromatic heterocycles. The number of nitrogens with one attached hydrogen (secondary N) is 2. The zero-order valence-electron chi connectivity index (χ0n) is 10.3. The Kier molecular flexibility index (Phi) is 4.44. The maximum Gasteiger partial charge on any atom is 0.234 e. The molecule has 1 unspecified atom stereocenters. The van der Waals surface area contributed by atoms with E-state index >= 15 is 0 Å². The lowest BCUT2D eigenvalue weighted by molar-refractivity contribution is -0.120. The van der Waals surface area contributed by atoms with Crippen LogP contribution in [-0.2, 0) is 4.79 Å². The summed E-state index contributed by atoms with van der Waals surface area (Å²) in [6.07, 6.45) is 0.734. The molecule has 1 saturated carbocycles. The van der Waals surface area contributed by atoms with Crippen LogP contribution in [0.5, 0.6) is 0 Å². The molecule has 1 aromatic carbocycles. The average molecular weight is 270 g/mol. The van der Waals surface area contributed by atoms with Crippen molar-refractivity contribution in [2.24, 2.45) is 0 Å². The van der Waals surface area contributed by atoms with Gasteiger partial charge in [0, 0.05) is 12.6 Å². The van der Waals surface area contributed by atoms with Crippen molar-refractivity contribution in [3.8, 4) is 0 Å². The number of halogens is 2. The fourth-order valence-electron chi connectivity index (χ4n) is 1.73. The van der Waals surface area contributed by atoms with Gasteiger partial charge in [0.1, 0.15) is 17.7 Å². The molecule has 4 nitrogen and oxygen atoms in total.